The molecule has 4 heterocycles. The summed E-state index contributed by atoms with van der Waals surface area (Å²) < 4.78 is 6.22. The molecule has 3 fully saturated rings. The van der Waals surface area contributed by atoms with Crippen molar-refractivity contribution in [3.05, 3.63) is 65.7 Å². The number of hydrogen-bond acceptors (Lipinski definition) is 5. The van der Waals surface area contributed by atoms with Gasteiger partial charge in [0.05, 0.1) is 11.6 Å². The highest BCUT2D eigenvalue weighted by molar-refractivity contribution is 6.24. The van der Waals surface area contributed by atoms with Gasteiger partial charge in [-0.15, -0.1) is 0 Å². The van der Waals surface area contributed by atoms with Gasteiger partial charge in [-0.05, 0) is 18.2 Å². The predicted octanol–water partition coefficient (Wildman–Crippen LogP) is 1.47. The van der Waals surface area contributed by atoms with E-state index in [1.54, 1.807) is 54.6 Å². The lowest BCUT2D eigenvalue weighted by atomic mass is 9.80. The van der Waals surface area contributed by atoms with E-state index in [1.165, 1.54) is 4.90 Å². The van der Waals surface area contributed by atoms with Crippen molar-refractivity contribution in [1.29, 1.82) is 0 Å². The van der Waals surface area contributed by atoms with Gasteiger partial charge in [-0.3, -0.25) is 19.2 Å². The van der Waals surface area contributed by atoms with Crippen LogP contribution < -0.4 is 4.90 Å². The van der Waals surface area contributed by atoms with Gasteiger partial charge in [0, 0.05) is 24.1 Å². The molecular formula is C22H16N2O5. The van der Waals surface area contributed by atoms with E-state index in [-0.39, 0.29) is 24.7 Å². The van der Waals surface area contributed by atoms with Crippen molar-refractivity contribution in [2.45, 2.75) is 18.2 Å². The SMILES string of the molecule is O=C1CCN2C(=O)c3ccccc3C23OC1C1C(=O)N(c2ccccc2)C(=O)C13. The van der Waals surface area contributed by atoms with Gasteiger partial charge in [-0.2, -0.15) is 0 Å². The van der Waals surface area contributed by atoms with Crippen LogP contribution in [0.15, 0.2) is 54.6 Å². The molecule has 4 unspecified atom stereocenters. The molecule has 0 aromatic heterocycles. The molecule has 0 aliphatic carbocycles. The quantitative estimate of drug-likeness (QED) is 0.691. The van der Waals surface area contributed by atoms with Crippen molar-refractivity contribution in [2.75, 3.05) is 11.4 Å². The number of carbonyl (C=O) groups is 4. The maximum atomic E-state index is 13.6. The zero-order chi connectivity index (χ0) is 19.9. The zero-order valence-corrected chi connectivity index (χ0v) is 15.3. The molecule has 3 saturated heterocycles. The second kappa shape index (κ2) is 5.39. The van der Waals surface area contributed by atoms with Crippen LogP contribution in [0.4, 0.5) is 5.69 Å². The Bertz CT molecular complexity index is 1110. The smallest absolute Gasteiger partial charge is 0.256 e. The largest absolute Gasteiger partial charge is 0.338 e. The average molecular weight is 388 g/mol. The summed E-state index contributed by atoms with van der Waals surface area (Å²) in [5, 5.41) is 0. The van der Waals surface area contributed by atoms with Crippen molar-refractivity contribution in [2.24, 2.45) is 11.8 Å². The first-order chi connectivity index (χ1) is 14.1. The molecule has 4 aliphatic heterocycles. The fourth-order valence-electron chi connectivity index (χ4n) is 5.36. The number of para-hydroxylation sites is 1. The number of ether oxygens (including phenoxy) is 1. The summed E-state index contributed by atoms with van der Waals surface area (Å²) in [5.74, 6) is -3.27. The summed E-state index contributed by atoms with van der Waals surface area (Å²) in [5.41, 5.74) is 0.0698. The standard InChI is InChI=1S/C22H16N2O5/c25-15-10-11-23-19(26)13-8-4-5-9-14(13)22(23)17-16(18(15)29-22)20(27)24(21(17)28)12-6-2-1-3-7-12/h1-9,16-18H,10-11H2. The van der Waals surface area contributed by atoms with E-state index < -0.39 is 35.5 Å². The van der Waals surface area contributed by atoms with Gasteiger partial charge in [0.1, 0.15) is 12.0 Å². The van der Waals surface area contributed by atoms with Crippen LogP contribution in [0.2, 0.25) is 0 Å². The van der Waals surface area contributed by atoms with Crippen LogP contribution in [-0.4, -0.2) is 41.1 Å². The summed E-state index contributed by atoms with van der Waals surface area (Å²) in [6.45, 7) is 0.166. The van der Waals surface area contributed by atoms with E-state index in [4.69, 9.17) is 4.74 Å². The molecule has 0 saturated carbocycles. The maximum Gasteiger partial charge on any atom is 0.256 e. The molecule has 7 nitrogen and oxygen atoms in total. The molecule has 2 aromatic rings. The third-order valence-corrected chi connectivity index (χ3v) is 6.51. The third-order valence-electron chi connectivity index (χ3n) is 6.51. The molecular weight excluding hydrogens is 372 g/mol. The minimum atomic E-state index is -1.41. The minimum absolute atomic E-state index is 0.0994. The Kier molecular flexibility index (Phi) is 3.09. The second-order valence-electron chi connectivity index (χ2n) is 7.80. The van der Waals surface area contributed by atoms with E-state index in [0.717, 1.165) is 4.90 Å². The number of nitrogens with zero attached hydrogens (tertiary/aromatic N) is 2. The second-order valence-corrected chi connectivity index (χ2v) is 7.80. The number of benzene rings is 2. The van der Waals surface area contributed by atoms with Crippen molar-refractivity contribution in [3.8, 4) is 0 Å². The normalized spacial score (nSPS) is 32.3. The number of rotatable bonds is 1. The number of imide groups is 1. The first-order valence-corrected chi connectivity index (χ1v) is 9.60. The molecule has 4 atom stereocenters. The lowest BCUT2D eigenvalue weighted by Crippen LogP contribution is -2.51. The summed E-state index contributed by atoms with van der Waals surface area (Å²) in [6, 6.07) is 15.7. The highest BCUT2D eigenvalue weighted by Crippen LogP contribution is 2.59. The van der Waals surface area contributed by atoms with Gasteiger partial charge in [0.25, 0.3) is 5.91 Å². The van der Waals surface area contributed by atoms with Crippen LogP contribution in [-0.2, 0) is 24.8 Å². The van der Waals surface area contributed by atoms with E-state index in [2.05, 4.69) is 0 Å². The van der Waals surface area contributed by atoms with Gasteiger partial charge in [-0.1, -0.05) is 36.4 Å². The van der Waals surface area contributed by atoms with Gasteiger partial charge < -0.3 is 9.64 Å². The number of ketones is 1. The van der Waals surface area contributed by atoms with Crippen LogP contribution in [0.1, 0.15) is 22.3 Å². The molecule has 144 valence electrons. The fourth-order valence-corrected chi connectivity index (χ4v) is 5.36. The number of carbonyl (C=O) groups excluding carboxylic acids is 4. The van der Waals surface area contributed by atoms with Gasteiger partial charge in [0.15, 0.2) is 11.5 Å². The van der Waals surface area contributed by atoms with Gasteiger partial charge >= 0.3 is 0 Å². The van der Waals surface area contributed by atoms with E-state index in [1.807, 2.05) is 0 Å². The van der Waals surface area contributed by atoms with Crippen molar-refractivity contribution < 1.29 is 23.9 Å². The Labute approximate surface area is 165 Å². The number of anilines is 1. The molecule has 1 spiro atoms. The number of Topliss-reactive ketones (excluding diaryl/α,β-unsaturated/α-hetero) is 1. The van der Waals surface area contributed by atoms with Crippen molar-refractivity contribution in [1.82, 2.24) is 4.90 Å². The molecule has 29 heavy (non-hydrogen) atoms. The Hall–Kier alpha value is -3.32. The average Bonchev–Trinajstić information content (AvgIpc) is 3.26. The topological polar surface area (TPSA) is 84.0 Å². The predicted molar refractivity (Wildman–Crippen MR) is 99.6 cm³/mol. The summed E-state index contributed by atoms with van der Waals surface area (Å²) in [6.07, 6.45) is -0.934. The van der Waals surface area contributed by atoms with Crippen LogP contribution in [0, 0.1) is 11.8 Å². The van der Waals surface area contributed by atoms with E-state index >= 15 is 0 Å². The molecule has 3 amide bonds. The minimum Gasteiger partial charge on any atom is -0.338 e. The number of fused-ring (bicyclic) bond motifs is 4. The molecule has 7 heteroatoms. The number of amides is 3. The van der Waals surface area contributed by atoms with Crippen molar-refractivity contribution >= 4 is 29.2 Å². The summed E-state index contributed by atoms with van der Waals surface area (Å²) >= 11 is 0. The Morgan fingerprint density at radius 3 is 2.41 bits per heavy atom. The van der Waals surface area contributed by atoms with E-state index in [9.17, 15) is 19.2 Å². The Morgan fingerprint density at radius 2 is 1.62 bits per heavy atom. The van der Waals surface area contributed by atoms with E-state index in [0.29, 0.717) is 16.8 Å². The Balaban J connectivity index is 1.59. The summed E-state index contributed by atoms with van der Waals surface area (Å²) in [4.78, 5) is 55.5. The van der Waals surface area contributed by atoms with Crippen LogP contribution in [0.5, 0.6) is 0 Å². The molecule has 6 rings (SSSR count). The lowest BCUT2D eigenvalue weighted by Gasteiger charge is -2.37. The third kappa shape index (κ3) is 1.81. The zero-order valence-electron chi connectivity index (χ0n) is 15.3. The van der Waals surface area contributed by atoms with Crippen LogP contribution in [0.3, 0.4) is 0 Å². The van der Waals surface area contributed by atoms with Crippen molar-refractivity contribution in [3.63, 3.8) is 0 Å². The monoisotopic (exact) mass is 388 g/mol. The number of hydrogen-bond donors (Lipinski definition) is 0. The van der Waals surface area contributed by atoms with Gasteiger partial charge in [0.2, 0.25) is 11.8 Å². The highest BCUT2D eigenvalue weighted by atomic mass is 16.5. The first-order valence-electron chi connectivity index (χ1n) is 9.60. The molecule has 0 N–H and O–H groups in total. The Morgan fingerprint density at radius 1 is 0.897 bits per heavy atom. The maximum absolute atomic E-state index is 13.6. The first kappa shape index (κ1) is 16.6. The molecule has 2 aromatic carbocycles. The lowest BCUT2D eigenvalue weighted by molar-refractivity contribution is -0.158. The summed E-state index contributed by atoms with van der Waals surface area (Å²) in [7, 11) is 0. The van der Waals surface area contributed by atoms with Gasteiger partial charge in [-0.25, -0.2) is 4.90 Å². The highest BCUT2D eigenvalue weighted by Gasteiger charge is 2.74. The van der Waals surface area contributed by atoms with Crippen LogP contribution in [0.25, 0.3) is 0 Å². The molecule has 0 radical (unpaired) electrons. The molecule has 2 bridgehead atoms. The molecule has 4 aliphatic rings. The fraction of sp³-hybridized carbons (Fsp3) is 0.273. The van der Waals surface area contributed by atoms with Crippen LogP contribution >= 0.6 is 0 Å².